The van der Waals surface area contributed by atoms with E-state index in [4.69, 9.17) is 5.73 Å². The van der Waals surface area contributed by atoms with Crippen LogP contribution in [0.25, 0.3) is 0 Å². The summed E-state index contributed by atoms with van der Waals surface area (Å²) in [5.41, 5.74) is 5.51. The molecule has 3 N–H and O–H groups in total. The van der Waals surface area contributed by atoms with Crippen LogP contribution in [0.2, 0.25) is 0 Å². The molecule has 0 aromatic carbocycles. The van der Waals surface area contributed by atoms with Gasteiger partial charge in [-0.1, -0.05) is 26.2 Å². The van der Waals surface area contributed by atoms with Gasteiger partial charge in [-0.15, -0.1) is 0 Å². The van der Waals surface area contributed by atoms with Crippen molar-refractivity contribution in [1.82, 2.24) is 5.32 Å². The van der Waals surface area contributed by atoms with Gasteiger partial charge in [0.25, 0.3) is 6.43 Å². The topological polar surface area (TPSA) is 38.0 Å². The molecule has 90 valence electrons. The van der Waals surface area contributed by atoms with Crippen LogP contribution in [0.4, 0.5) is 8.78 Å². The second-order valence-electron chi connectivity index (χ2n) is 4.63. The Morgan fingerprint density at radius 2 is 2.27 bits per heavy atom. The molecule has 1 aliphatic rings. The molecule has 1 fully saturated rings. The Labute approximate surface area is 90.6 Å². The Kier molecular flexibility index (Phi) is 4.93. The average Bonchev–Trinajstić information content (AvgIpc) is 2.26. The van der Waals surface area contributed by atoms with Crippen LogP contribution < -0.4 is 11.1 Å². The lowest BCUT2D eigenvalue weighted by Gasteiger charge is -2.41. The zero-order chi connectivity index (χ0) is 11.3. The van der Waals surface area contributed by atoms with Gasteiger partial charge in [0.1, 0.15) is 0 Å². The maximum absolute atomic E-state index is 12.2. The van der Waals surface area contributed by atoms with Crippen molar-refractivity contribution < 1.29 is 8.78 Å². The van der Waals surface area contributed by atoms with Crippen molar-refractivity contribution in [3.8, 4) is 0 Å². The van der Waals surface area contributed by atoms with E-state index >= 15 is 0 Å². The minimum atomic E-state index is -2.28. The largest absolute Gasteiger partial charge is 0.329 e. The first-order valence-corrected chi connectivity index (χ1v) is 5.85. The first-order chi connectivity index (χ1) is 7.12. The predicted molar refractivity (Wildman–Crippen MR) is 58.0 cm³/mol. The highest BCUT2D eigenvalue weighted by atomic mass is 19.3. The summed E-state index contributed by atoms with van der Waals surface area (Å²) in [5, 5.41) is 2.97. The minimum absolute atomic E-state index is 0.227. The molecule has 0 radical (unpaired) electrons. The van der Waals surface area contributed by atoms with Crippen molar-refractivity contribution in [1.29, 1.82) is 0 Å². The smallest absolute Gasteiger partial charge is 0.250 e. The molecular formula is C11H22F2N2. The van der Waals surface area contributed by atoms with E-state index in [0.29, 0.717) is 12.5 Å². The van der Waals surface area contributed by atoms with Crippen LogP contribution in [-0.2, 0) is 0 Å². The Morgan fingerprint density at radius 3 is 2.80 bits per heavy atom. The SMILES string of the molecule is CCC1CCCC(CN)(NCC(F)F)C1. The molecule has 0 saturated heterocycles. The molecular weight excluding hydrogens is 198 g/mol. The summed E-state index contributed by atoms with van der Waals surface area (Å²) in [7, 11) is 0. The van der Waals surface area contributed by atoms with Gasteiger partial charge in [-0.2, -0.15) is 0 Å². The second kappa shape index (κ2) is 5.75. The van der Waals surface area contributed by atoms with Gasteiger partial charge < -0.3 is 11.1 Å². The lowest BCUT2D eigenvalue weighted by atomic mass is 9.74. The van der Waals surface area contributed by atoms with E-state index in [0.717, 1.165) is 25.7 Å². The number of rotatable bonds is 5. The highest BCUT2D eigenvalue weighted by Gasteiger charge is 2.34. The van der Waals surface area contributed by atoms with Gasteiger partial charge >= 0.3 is 0 Å². The van der Waals surface area contributed by atoms with Gasteiger partial charge in [0.05, 0.1) is 6.54 Å². The van der Waals surface area contributed by atoms with E-state index in [1.54, 1.807) is 0 Å². The molecule has 1 aliphatic carbocycles. The van der Waals surface area contributed by atoms with E-state index in [-0.39, 0.29) is 12.1 Å². The maximum Gasteiger partial charge on any atom is 0.250 e. The molecule has 2 unspecified atom stereocenters. The molecule has 4 heteroatoms. The van der Waals surface area contributed by atoms with Crippen molar-refractivity contribution in [2.45, 2.75) is 51.0 Å². The van der Waals surface area contributed by atoms with Gasteiger partial charge in [-0.05, 0) is 18.8 Å². The normalized spacial score (nSPS) is 32.2. The molecule has 15 heavy (non-hydrogen) atoms. The zero-order valence-corrected chi connectivity index (χ0v) is 9.44. The van der Waals surface area contributed by atoms with Gasteiger partial charge in [0.15, 0.2) is 0 Å². The van der Waals surface area contributed by atoms with Crippen molar-refractivity contribution in [2.75, 3.05) is 13.1 Å². The van der Waals surface area contributed by atoms with Crippen LogP contribution in [0.15, 0.2) is 0 Å². The first kappa shape index (κ1) is 12.8. The van der Waals surface area contributed by atoms with Crippen LogP contribution in [0.1, 0.15) is 39.0 Å². The Hall–Kier alpha value is -0.220. The number of nitrogens with one attached hydrogen (secondary N) is 1. The third kappa shape index (κ3) is 3.68. The highest BCUT2D eigenvalue weighted by molar-refractivity contribution is 4.94. The fourth-order valence-corrected chi connectivity index (χ4v) is 2.55. The molecule has 0 aromatic heterocycles. The van der Waals surface area contributed by atoms with Crippen LogP contribution >= 0.6 is 0 Å². The van der Waals surface area contributed by atoms with Crippen molar-refractivity contribution in [2.24, 2.45) is 11.7 Å². The lowest BCUT2D eigenvalue weighted by molar-refractivity contribution is 0.108. The molecule has 0 amide bonds. The van der Waals surface area contributed by atoms with Crippen LogP contribution in [0.3, 0.4) is 0 Å². The van der Waals surface area contributed by atoms with Gasteiger partial charge in [0, 0.05) is 12.1 Å². The van der Waals surface area contributed by atoms with E-state index in [9.17, 15) is 8.78 Å². The summed E-state index contributed by atoms with van der Waals surface area (Å²) in [6.07, 6.45) is 3.05. The van der Waals surface area contributed by atoms with Gasteiger partial charge in [-0.25, -0.2) is 8.78 Å². The van der Waals surface area contributed by atoms with Crippen LogP contribution in [0, 0.1) is 5.92 Å². The molecule has 0 aliphatic heterocycles. The number of nitrogens with two attached hydrogens (primary N) is 1. The molecule has 1 saturated carbocycles. The van der Waals surface area contributed by atoms with Crippen molar-refractivity contribution >= 4 is 0 Å². The minimum Gasteiger partial charge on any atom is -0.329 e. The third-order valence-corrected chi connectivity index (χ3v) is 3.55. The van der Waals surface area contributed by atoms with Crippen molar-refractivity contribution in [3.05, 3.63) is 0 Å². The predicted octanol–water partition coefficient (Wildman–Crippen LogP) is 2.14. The number of hydrogen-bond acceptors (Lipinski definition) is 2. The lowest BCUT2D eigenvalue weighted by Crippen LogP contribution is -2.55. The van der Waals surface area contributed by atoms with Crippen LogP contribution in [0.5, 0.6) is 0 Å². The standard InChI is InChI=1S/C11H22F2N2/c1-2-9-4-3-5-11(6-9,8-14)15-7-10(12)13/h9-10,15H,2-8,14H2,1H3. The van der Waals surface area contributed by atoms with Crippen molar-refractivity contribution in [3.63, 3.8) is 0 Å². The maximum atomic E-state index is 12.2. The highest BCUT2D eigenvalue weighted by Crippen LogP contribution is 2.33. The first-order valence-electron chi connectivity index (χ1n) is 5.85. The number of halogens is 2. The fourth-order valence-electron chi connectivity index (χ4n) is 2.55. The van der Waals surface area contributed by atoms with E-state index in [2.05, 4.69) is 12.2 Å². The summed E-state index contributed by atoms with van der Waals surface area (Å²) in [4.78, 5) is 0. The number of hydrogen-bond donors (Lipinski definition) is 2. The fraction of sp³-hybridized carbons (Fsp3) is 1.00. The molecule has 2 atom stereocenters. The van der Waals surface area contributed by atoms with E-state index in [1.807, 2.05) is 0 Å². The summed E-state index contributed by atoms with van der Waals surface area (Å²) < 4.78 is 24.3. The zero-order valence-electron chi connectivity index (χ0n) is 9.44. The molecule has 0 bridgehead atoms. The summed E-state index contributed by atoms with van der Waals surface area (Å²) >= 11 is 0. The van der Waals surface area contributed by atoms with Crippen LogP contribution in [-0.4, -0.2) is 25.1 Å². The van der Waals surface area contributed by atoms with E-state index < -0.39 is 6.43 Å². The molecule has 0 spiro atoms. The average molecular weight is 220 g/mol. The monoisotopic (exact) mass is 220 g/mol. The molecule has 0 heterocycles. The van der Waals surface area contributed by atoms with Gasteiger partial charge in [-0.3, -0.25) is 0 Å². The molecule has 1 rings (SSSR count). The second-order valence-corrected chi connectivity index (χ2v) is 4.63. The Morgan fingerprint density at radius 1 is 1.53 bits per heavy atom. The summed E-state index contributed by atoms with van der Waals surface area (Å²) in [5.74, 6) is 0.646. The Balaban J connectivity index is 2.50. The number of alkyl halides is 2. The van der Waals surface area contributed by atoms with Gasteiger partial charge in [0.2, 0.25) is 0 Å². The van der Waals surface area contributed by atoms with E-state index in [1.165, 1.54) is 6.42 Å². The molecule has 0 aromatic rings. The Bertz CT molecular complexity index is 187. The quantitative estimate of drug-likeness (QED) is 0.745. The summed E-state index contributed by atoms with van der Waals surface area (Å²) in [6, 6.07) is 0. The third-order valence-electron chi connectivity index (χ3n) is 3.55. The summed E-state index contributed by atoms with van der Waals surface area (Å²) in [6.45, 7) is 2.40. The molecule has 2 nitrogen and oxygen atoms in total.